The Kier molecular flexibility index (Phi) is 5.58. The summed E-state index contributed by atoms with van der Waals surface area (Å²) in [6.45, 7) is 23.7. The van der Waals surface area contributed by atoms with Gasteiger partial charge in [0.15, 0.2) is 11.2 Å². The normalized spacial score (nSPS) is 32.4. The molecule has 4 atom stereocenters. The maximum absolute atomic E-state index is 5.77. The Morgan fingerprint density at radius 2 is 1.24 bits per heavy atom. The van der Waals surface area contributed by atoms with E-state index in [2.05, 4.69) is 80.2 Å². The number of hydrogen-bond donors (Lipinski definition) is 0. The standard InChI is InChI=1S/C25H38O4/c1-11-22(5,6)20-24(9,28-26-20)18-13-17(16(3)4)14-19(15-18)25(10)21(27-29-25)23(7,8)12-2/h13-15,20-21H,3,11-12H2,1-2,4-10H3. The number of benzene rings is 1. The highest BCUT2D eigenvalue weighted by molar-refractivity contribution is 5.64. The number of allylic oxidation sites excluding steroid dienone is 1. The molecule has 0 radical (unpaired) electrons. The molecule has 0 aromatic heterocycles. The summed E-state index contributed by atoms with van der Waals surface area (Å²) in [5.41, 5.74) is 3.25. The Morgan fingerprint density at radius 1 is 0.862 bits per heavy atom. The molecular formula is C25H38O4. The highest BCUT2D eigenvalue weighted by Gasteiger charge is 2.58. The van der Waals surface area contributed by atoms with Crippen LogP contribution in [-0.2, 0) is 30.8 Å². The lowest BCUT2D eigenvalue weighted by Gasteiger charge is -2.53. The average Bonchev–Trinajstić information content (AvgIpc) is 2.63. The Hall–Kier alpha value is -1.20. The van der Waals surface area contributed by atoms with Crippen LogP contribution < -0.4 is 0 Å². The molecule has 3 rings (SSSR count). The molecule has 2 heterocycles. The number of hydrogen-bond acceptors (Lipinski definition) is 4. The van der Waals surface area contributed by atoms with Crippen molar-refractivity contribution >= 4 is 5.57 Å². The zero-order valence-electron chi connectivity index (χ0n) is 19.6. The van der Waals surface area contributed by atoms with Gasteiger partial charge in [-0.3, -0.25) is 0 Å². The van der Waals surface area contributed by atoms with Crippen molar-refractivity contribution in [2.75, 3.05) is 0 Å². The van der Waals surface area contributed by atoms with Gasteiger partial charge in [0.25, 0.3) is 0 Å². The fourth-order valence-electron chi connectivity index (χ4n) is 4.45. The van der Waals surface area contributed by atoms with Gasteiger partial charge in [-0.05, 0) is 79.3 Å². The van der Waals surface area contributed by atoms with Gasteiger partial charge in [0.2, 0.25) is 0 Å². The summed E-state index contributed by atoms with van der Waals surface area (Å²) in [6.07, 6.45) is 1.96. The number of rotatable bonds is 7. The second-order valence-electron chi connectivity index (χ2n) is 10.6. The van der Waals surface area contributed by atoms with E-state index in [1.165, 1.54) is 0 Å². The van der Waals surface area contributed by atoms with Gasteiger partial charge in [-0.2, -0.15) is 0 Å². The fourth-order valence-corrected chi connectivity index (χ4v) is 4.45. The SMILES string of the molecule is C=C(C)c1cc(C2(C)OOC2C(C)(C)CC)cc(C2(C)OOC2C(C)(C)CC)c1. The zero-order chi connectivity index (χ0) is 21.8. The first-order chi connectivity index (χ1) is 13.3. The molecule has 4 nitrogen and oxygen atoms in total. The Bertz CT molecular complexity index is 740. The lowest BCUT2D eigenvalue weighted by atomic mass is 9.69. The average molecular weight is 403 g/mol. The third kappa shape index (κ3) is 3.48. The van der Waals surface area contributed by atoms with Gasteiger partial charge in [0, 0.05) is 0 Å². The lowest BCUT2D eigenvalue weighted by Crippen LogP contribution is -2.59. The van der Waals surface area contributed by atoms with Crippen molar-refractivity contribution in [2.24, 2.45) is 10.8 Å². The van der Waals surface area contributed by atoms with Crippen LogP contribution in [0.4, 0.5) is 0 Å². The summed E-state index contributed by atoms with van der Waals surface area (Å²) in [7, 11) is 0. The van der Waals surface area contributed by atoms with Crippen LogP contribution in [-0.4, -0.2) is 12.2 Å². The summed E-state index contributed by atoms with van der Waals surface area (Å²) in [5.74, 6) is 0. The van der Waals surface area contributed by atoms with Crippen molar-refractivity contribution < 1.29 is 19.6 Å². The molecule has 162 valence electrons. The minimum atomic E-state index is -0.517. The molecule has 1 aromatic rings. The highest BCUT2D eigenvalue weighted by Crippen LogP contribution is 2.53. The molecule has 2 aliphatic heterocycles. The molecule has 4 unspecified atom stereocenters. The van der Waals surface area contributed by atoms with Gasteiger partial charge < -0.3 is 0 Å². The maximum atomic E-state index is 5.77. The summed E-state index contributed by atoms with van der Waals surface area (Å²) < 4.78 is 0. The van der Waals surface area contributed by atoms with Crippen molar-refractivity contribution in [3.63, 3.8) is 0 Å². The Labute approximate surface area is 176 Å². The van der Waals surface area contributed by atoms with Crippen LogP contribution in [0.5, 0.6) is 0 Å². The van der Waals surface area contributed by atoms with E-state index in [0.717, 1.165) is 35.1 Å². The second kappa shape index (κ2) is 7.19. The van der Waals surface area contributed by atoms with Crippen LogP contribution in [0.3, 0.4) is 0 Å². The van der Waals surface area contributed by atoms with Crippen LogP contribution in [0.25, 0.3) is 5.57 Å². The Morgan fingerprint density at radius 3 is 1.48 bits per heavy atom. The van der Waals surface area contributed by atoms with Gasteiger partial charge in [0.1, 0.15) is 12.2 Å². The first kappa shape index (κ1) is 22.5. The summed E-state index contributed by atoms with van der Waals surface area (Å²) in [4.78, 5) is 22.8. The zero-order valence-corrected chi connectivity index (χ0v) is 19.6. The lowest BCUT2D eigenvalue weighted by molar-refractivity contribution is -0.532. The molecule has 2 saturated heterocycles. The van der Waals surface area contributed by atoms with E-state index in [1.54, 1.807) is 0 Å². The first-order valence-electron chi connectivity index (χ1n) is 10.8. The fraction of sp³-hybridized carbons (Fsp3) is 0.680. The van der Waals surface area contributed by atoms with Crippen LogP contribution in [0.2, 0.25) is 0 Å². The van der Waals surface area contributed by atoms with Gasteiger partial charge in [0.05, 0.1) is 0 Å². The molecular weight excluding hydrogens is 364 g/mol. The van der Waals surface area contributed by atoms with E-state index < -0.39 is 11.2 Å². The van der Waals surface area contributed by atoms with Crippen LogP contribution >= 0.6 is 0 Å². The molecule has 0 amide bonds. The summed E-state index contributed by atoms with van der Waals surface area (Å²) >= 11 is 0. The molecule has 0 spiro atoms. The van der Waals surface area contributed by atoms with Crippen LogP contribution in [0.1, 0.15) is 91.8 Å². The largest absolute Gasteiger partial charge is 0.228 e. The van der Waals surface area contributed by atoms with Crippen LogP contribution in [0, 0.1) is 10.8 Å². The van der Waals surface area contributed by atoms with E-state index in [-0.39, 0.29) is 23.0 Å². The third-order valence-electron chi connectivity index (χ3n) is 7.45. The summed E-state index contributed by atoms with van der Waals surface area (Å²) in [5, 5.41) is 0. The van der Waals surface area contributed by atoms with Crippen molar-refractivity contribution in [3.05, 3.63) is 41.5 Å². The molecule has 1 aromatic carbocycles. The molecule has 29 heavy (non-hydrogen) atoms. The molecule has 4 heteroatoms. The molecule has 0 N–H and O–H groups in total. The topological polar surface area (TPSA) is 36.9 Å². The van der Waals surface area contributed by atoms with Crippen molar-refractivity contribution in [3.8, 4) is 0 Å². The maximum Gasteiger partial charge on any atom is 0.155 e. The van der Waals surface area contributed by atoms with Crippen molar-refractivity contribution in [2.45, 2.75) is 98.6 Å². The predicted octanol–water partition coefficient (Wildman–Crippen LogP) is 6.68. The minimum Gasteiger partial charge on any atom is -0.228 e. The van der Waals surface area contributed by atoms with Crippen molar-refractivity contribution in [1.82, 2.24) is 0 Å². The van der Waals surface area contributed by atoms with Gasteiger partial charge >= 0.3 is 0 Å². The quantitative estimate of drug-likeness (QED) is 0.477. The first-order valence-corrected chi connectivity index (χ1v) is 10.8. The Balaban J connectivity index is 2.08. The molecule has 0 saturated carbocycles. The summed E-state index contributed by atoms with van der Waals surface area (Å²) in [6, 6.07) is 6.56. The monoisotopic (exact) mass is 402 g/mol. The van der Waals surface area contributed by atoms with E-state index in [0.29, 0.717) is 0 Å². The van der Waals surface area contributed by atoms with E-state index in [1.807, 2.05) is 6.92 Å². The van der Waals surface area contributed by atoms with E-state index in [9.17, 15) is 0 Å². The second-order valence-corrected chi connectivity index (χ2v) is 10.6. The van der Waals surface area contributed by atoms with Gasteiger partial charge in [-0.1, -0.05) is 53.7 Å². The van der Waals surface area contributed by atoms with Crippen molar-refractivity contribution in [1.29, 1.82) is 0 Å². The highest BCUT2D eigenvalue weighted by atomic mass is 17.3. The smallest absolute Gasteiger partial charge is 0.155 e. The molecule has 0 aliphatic carbocycles. The molecule has 0 bridgehead atoms. The van der Waals surface area contributed by atoms with E-state index in [4.69, 9.17) is 19.6 Å². The van der Waals surface area contributed by atoms with Gasteiger partial charge in [-0.25, -0.2) is 19.6 Å². The van der Waals surface area contributed by atoms with E-state index >= 15 is 0 Å². The van der Waals surface area contributed by atoms with Crippen LogP contribution in [0.15, 0.2) is 24.8 Å². The third-order valence-corrected chi connectivity index (χ3v) is 7.45. The predicted molar refractivity (Wildman–Crippen MR) is 116 cm³/mol. The van der Waals surface area contributed by atoms with Gasteiger partial charge in [-0.15, -0.1) is 0 Å². The molecule has 2 aliphatic rings. The molecule has 2 fully saturated rings. The minimum absolute atomic E-state index is 0.000882.